The summed E-state index contributed by atoms with van der Waals surface area (Å²) < 4.78 is 33.1. The van der Waals surface area contributed by atoms with Crippen LogP contribution in [-0.2, 0) is 10.0 Å². The van der Waals surface area contributed by atoms with Crippen molar-refractivity contribution >= 4 is 21.4 Å². The van der Waals surface area contributed by atoms with Gasteiger partial charge in [-0.05, 0) is 48.5 Å². The van der Waals surface area contributed by atoms with Crippen molar-refractivity contribution < 1.29 is 17.8 Å². The number of nitro benzene ring substituents is 1. The minimum Gasteiger partial charge on any atom is -0.416 e. The molecular weight excluding hydrogens is 408 g/mol. The summed E-state index contributed by atoms with van der Waals surface area (Å²) in [5.74, 6) is 0.687. The average Bonchev–Trinajstić information content (AvgIpc) is 3.25. The summed E-state index contributed by atoms with van der Waals surface area (Å²) in [6, 6.07) is 20.4. The highest BCUT2D eigenvalue weighted by atomic mass is 32.2. The van der Waals surface area contributed by atoms with Crippen molar-refractivity contribution in [3.63, 3.8) is 0 Å². The Kier molecular flexibility index (Phi) is 4.98. The summed E-state index contributed by atoms with van der Waals surface area (Å²) in [7, 11) is -3.89. The number of nitrogens with zero attached hydrogens (tertiary/aromatic N) is 3. The minimum atomic E-state index is -3.89. The molecule has 30 heavy (non-hydrogen) atoms. The van der Waals surface area contributed by atoms with E-state index in [1.165, 1.54) is 12.1 Å². The number of aromatic nitrogens is 2. The van der Waals surface area contributed by atoms with Gasteiger partial charge in [0.05, 0.1) is 9.82 Å². The van der Waals surface area contributed by atoms with Gasteiger partial charge in [0.15, 0.2) is 0 Å². The van der Waals surface area contributed by atoms with Gasteiger partial charge in [-0.25, -0.2) is 8.42 Å². The lowest BCUT2D eigenvalue weighted by Gasteiger charge is -2.08. The molecule has 0 atom stereocenters. The predicted octanol–water partition coefficient (Wildman–Crippen LogP) is 4.11. The fourth-order valence-corrected chi connectivity index (χ4v) is 3.74. The summed E-state index contributed by atoms with van der Waals surface area (Å²) in [6.45, 7) is 0. The zero-order valence-electron chi connectivity index (χ0n) is 15.3. The largest absolute Gasteiger partial charge is 0.416 e. The van der Waals surface area contributed by atoms with Crippen molar-refractivity contribution in [3.05, 3.63) is 89.0 Å². The van der Waals surface area contributed by atoms with Crippen LogP contribution in [0.5, 0.6) is 0 Å². The molecule has 0 aliphatic carbocycles. The molecule has 1 N–H and O–H groups in total. The number of rotatable bonds is 6. The number of benzene rings is 3. The Morgan fingerprint density at radius 1 is 0.800 bits per heavy atom. The first-order chi connectivity index (χ1) is 14.4. The highest BCUT2D eigenvalue weighted by molar-refractivity contribution is 7.92. The Hall–Kier alpha value is -4.05. The lowest BCUT2D eigenvalue weighted by molar-refractivity contribution is -0.384. The number of hydrogen-bond acceptors (Lipinski definition) is 7. The second kappa shape index (κ2) is 7.76. The summed E-state index contributed by atoms with van der Waals surface area (Å²) in [4.78, 5) is 10.0. The van der Waals surface area contributed by atoms with Crippen LogP contribution >= 0.6 is 0 Å². The maximum Gasteiger partial charge on any atom is 0.269 e. The Morgan fingerprint density at radius 3 is 1.93 bits per heavy atom. The van der Waals surface area contributed by atoms with Crippen molar-refractivity contribution in [3.8, 4) is 22.9 Å². The van der Waals surface area contributed by atoms with Gasteiger partial charge in [0.1, 0.15) is 0 Å². The molecule has 1 heterocycles. The smallest absolute Gasteiger partial charge is 0.269 e. The van der Waals surface area contributed by atoms with Crippen molar-refractivity contribution in [2.75, 3.05) is 4.72 Å². The predicted molar refractivity (Wildman–Crippen MR) is 109 cm³/mol. The van der Waals surface area contributed by atoms with Crippen molar-refractivity contribution in [1.29, 1.82) is 0 Å². The first kappa shape index (κ1) is 19.3. The molecule has 0 aliphatic heterocycles. The summed E-state index contributed by atoms with van der Waals surface area (Å²) in [6.07, 6.45) is 0. The molecule has 0 saturated carbocycles. The molecule has 0 amide bonds. The fraction of sp³-hybridized carbons (Fsp3) is 0. The van der Waals surface area contributed by atoms with Crippen LogP contribution in [0.25, 0.3) is 22.9 Å². The molecule has 4 aromatic rings. The molecule has 0 spiro atoms. The molecule has 3 aromatic carbocycles. The molecule has 0 saturated heterocycles. The third-order valence-electron chi connectivity index (χ3n) is 4.19. The van der Waals surface area contributed by atoms with Gasteiger partial charge in [-0.2, -0.15) is 0 Å². The van der Waals surface area contributed by atoms with Crippen LogP contribution in [-0.4, -0.2) is 23.5 Å². The summed E-state index contributed by atoms with van der Waals surface area (Å²) in [5, 5.41) is 18.8. The van der Waals surface area contributed by atoms with Gasteiger partial charge < -0.3 is 4.42 Å². The second-order valence-electron chi connectivity index (χ2n) is 6.21. The van der Waals surface area contributed by atoms with E-state index in [1.54, 1.807) is 24.3 Å². The van der Waals surface area contributed by atoms with Crippen molar-refractivity contribution in [2.45, 2.75) is 4.90 Å². The molecule has 10 heteroatoms. The van der Waals surface area contributed by atoms with E-state index < -0.39 is 14.9 Å². The van der Waals surface area contributed by atoms with Gasteiger partial charge in [0.2, 0.25) is 11.8 Å². The Bertz CT molecular complexity index is 1290. The molecule has 9 nitrogen and oxygen atoms in total. The van der Waals surface area contributed by atoms with E-state index in [0.717, 1.165) is 17.7 Å². The lowest BCUT2D eigenvalue weighted by atomic mass is 10.2. The highest BCUT2D eigenvalue weighted by Gasteiger charge is 2.16. The number of anilines is 1. The molecule has 0 radical (unpaired) electrons. The van der Waals surface area contributed by atoms with Gasteiger partial charge >= 0.3 is 0 Å². The summed E-state index contributed by atoms with van der Waals surface area (Å²) >= 11 is 0. The van der Waals surface area contributed by atoms with E-state index in [4.69, 9.17) is 4.42 Å². The van der Waals surface area contributed by atoms with Gasteiger partial charge in [-0.1, -0.05) is 18.2 Å². The van der Waals surface area contributed by atoms with E-state index in [-0.39, 0.29) is 10.6 Å². The molecule has 0 bridgehead atoms. The summed E-state index contributed by atoms with van der Waals surface area (Å²) in [5.41, 5.74) is 1.55. The molecule has 0 aliphatic rings. The van der Waals surface area contributed by atoms with Gasteiger partial charge in [-0.15, -0.1) is 10.2 Å². The zero-order chi connectivity index (χ0) is 21.1. The molecule has 0 unspecified atom stereocenters. The van der Waals surface area contributed by atoms with Crippen LogP contribution < -0.4 is 4.72 Å². The van der Waals surface area contributed by atoms with Crippen LogP contribution in [0.15, 0.2) is 88.2 Å². The monoisotopic (exact) mass is 422 g/mol. The lowest BCUT2D eigenvalue weighted by Crippen LogP contribution is -2.12. The van der Waals surface area contributed by atoms with Crippen molar-refractivity contribution in [1.82, 2.24) is 10.2 Å². The van der Waals surface area contributed by atoms with Crippen LogP contribution in [0.4, 0.5) is 11.4 Å². The molecule has 150 valence electrons. The second-order valence-corrected chi connectivity index (χ2v) is 7.89. The first-order valence-corrected chi connectivity index (χ1v) is 10.2. The van der Waals surface area contributed by atoms with E-state index in [9.17, 15) is 18.5 Å². The highest BCUT2D eigenvalue weighted by Crippen LogP contribution is 2.26. The Balaban J connectivity index is 1.51. The van der Waals surface area contributed by atoms with Gasteiger partial charge in [0, 0.05) is 28.9 Å². The van der Waals surface area contributed by atoms with E-state index >= 15 is 0 Å². The number of nitro groups is 1. The molecule has 0 fully saturated rings. The van der Waals surface area contributed by atoms with Crippen molar-refractivity contribution in [2.24, 2.45) is 0 Å². The van der Waals surface area contributed by atoms with Crippen LogP contribution in [0.2, 0.25) is 0 Å². The SMILES string of the molecule is O=[N+]([O-])c1ccc(S(=O)(=O)Nc2ccc(-c3nnc(-c4ccccc4)o3)cc2)cc1. The van der Waals surface area contributed by atoms with Crippen LogP contribution in [0, 0.1) is 10.1 Å². The molecule has 1 aromatic heterocycles. The van der Waals surface area contributed by atoms with E-state index in [2.05, 4.69) is 14.9 Å². The first-order valence-electron chi connectivity index (χ1n) is 8.69. The molecular formula is C20H14N4O5S. The zero-order valence-corrected chi connectivity index (χ0v) is 16.1. The average molecular weight is 422 g/mol. The maximum atomic E-state index is 12.5. The topological polar surface area (TPSA) is 128 Å². The number of hydrogen-bond donors (Lipinski definition) is 1. The minimum absolute atomic E-state index is 0.0819. The third-order valence-corrected chi connectivity index (χ3v) is 5.58. The number of nitrogens with one attached hydrogen (secondary N) is 1. The van der Waals surface area contributed by atoms with Gasteiger partial charge in [-0.3, -0.25) is 14.8 Å². The van der Waals surface area contributed by atoms with E-state index in [0.29, 0.717) is 23.0 Å². The van der Waals surface area contributed by atoms with Gasteiger partial charge in [0.25, 0.3) is 15.7 Å². The fourth-order valence-electron chi connectivity index (χ4n) is 2.68. The maximum absolute atomic E-state index is 12.5. The quantitative estimate of drug-likeness (QED) is 0.366. The Morgan fingerprint density at radius 2 is 1.37 bits per heavy atom. The number of sulfonamides is 1. The van der Waals surface area contributed by atoms with Crippen LogP contribution in [0.1, 0.15) is 0 Å². The Labute approximate surface area is 171 Å². The van der Waals surface area contributed by atoms with Crippen LogP contribution in [0.3, 0.4) is 0 Å². The third kappa shape index (κ3) is 4.03. The number of non-ortho nitro benzene ring substituents is 1. The van der Waals surface area contributed by atoms with E-state index in [1.807, 2.05) is 30.3 Å². The normalized spacial score (nSPS) is 11.2. The standard InChI is InChI=1S/C20H14N4O5S/c25-24(26)17-10-12-18(13-11-17)30(27,28)23-16-8-6-15(7-9-16)20-22-21-19(29-20)14-4-2-1-3-5-14/h1-13,23H. The molecule has 4 rings (SSSR count).